The Morgan fingerprint density at radius 1 is 0.222 bits per heavy atom. The molecule has 0 bridgehead atoms. The van der Waals surface area contributed by atoms with Gasteiger partial charge in [0.25, 0.3) is 0 Å². The minimum absolute atomic E-state index is 1.69. The summed E-state index contributed by atoms with van der Waals surface area (Å²) in [4.78, 5) is 0. The third kappa shape index (κ3) is 26.6. The van der Waals surface area contributed by atoms with Gasteiger partial charge in [0.15, 0.2) is 7.85 Å². The van der Waals surface area contributed by atoms with Gasteiger partial charge in [-0.05, 0) is 102 Å². The molecular formula is C35H3B. The molecule has 0 atom stereocenters. The van der Waals surface area contributed by atoms with Crippen LogP contribution in [0.5, 0.6) is 0 Å². The predicted molar refractivity (Wildman–Crippen MR) is 144 cm³/mol. The molecule has 1 heteroatoms. The second-order valence-corrected chi connectivity index (χ2v) is 4.39. The molecular weight excluding hydrogens is 431 g/mol. The minimum Gasteiger partial charge on any atom is -0.158 e. The molecule has 146 valence electrons. The van der Waals surface area contributed by atoms with Gasteiger partial charge >= 0.3 is 0 Å². The van der Waals surface area contributed by atoms with Crippen LogP contribution in [0.25, 0.3) is 0 Å². The molecule has 0 aromatic rings. The second-order valence-electron chi connectivity index (χ2n) is 4.39. The van der Waals surface area contributed by atoms with Gasteiger partial charge in [-0.1, -0.05) is 5.92 Å². The fourth-order valence-electron chi connectivity index (χ4n) is 1.04. The van der Waals surface area contributed by atoms with Gasteiger partial charge in [0.1, 0.15) is 0 Å². The SMILES string of the molecule is [B]C#CC#CC#CC#CC#CC#CC#CC#CC#CC#CC#CC#CC#CC#CC#CC#CC#CC. The van der Waals surface area contributed by atoms with Crippen LogP contribution in [0.15, 0.2) is 0 Å². The maximum atomic E-state index is 4.93. The zero-order valence-corrected chi connectivity index (χ0v) is 18.6. The van der Waals surface area contributed by atoms with E-state index in [1.807, 2.05) is 0 Å². The maximum Gasteiger partial charge on any atom is 0.189 e. The van der Waals surface area contributed by atoms with E-state index in [0.29, 0.717) is 0 Å². The second kappa shape index (κ2) is 27.6. The molecule has 0 aliphatic carbocycles. The first-order chi connectivity index (χ1) is 17.9. The van der Waals surface area contributed by atoms with E-state index in [9.17, 15) is 0 Å². The van der Waals surface area contributed by atoms with Crippen LogP contribution >= 0.6 is 0 Å². The Balaban J connectivity index is 4.50. The van der Waals surface area contributed by atoms with Crippen molar-refractivity contribution in [3.05, 3.63) is 0 Å². The lowest BCUT2D eigenvalue weighted by Crippen LogP contribution is -1.57. The molecule has 0 rings (SSSR count). The fraction of sp³-hybridized carbons (Fsp3) is 0.0286. The quantitative estimate of drug-likeness (QED) is 0.378. The first-order valence-electron chi connectivity index (χ1n) is 9.04. The van der Waals surface area contributed by atoms with E-state index in [1.165, 1.54) is 0 Å². The van der Waals surface area contributed by atoms with Crippen molar-refractivity contribution in [3.8, 4) is 201 Å². The number of hydrogen-bond donors (Lipinski definition) is 0. The van der Waals surface area contributed by atoms with Crippen LogP contribution in [0.4, 0.5) is 0 Å². The molecule has 0 spiro atoms. The lowest BCUT2D eigenvalue weighted by molar-refractivity contribution is 1.92. The van der Waals surface area contributed by atoms with E-state index in [1.54, 1.807) is 6.92 Å². The topological polar surface area (TPSA) is 0 Å². The van der Waals surface area contributed by atoms with Crippen molar-refractivity contribution in [1.82, 2.24) is 0 Å². The zero-order chi connectivity index (χ0) is 26.0. The molecule has 0 amide bonds. The summed E-state index contributed by atoms with van der Waals surface area (Å²) < 4.78 is 0. The Kier molecular flexibility index (Phi) is 21.9. The smallest absolute Gasteiger partial charge is 0.158 e. The van der Waals surface area contributed by atoms with Gasteiger partial charge in [-0.25, -0.2) is 0 Å². The molecule has 0 nitrogen and oxygen atoms in total. The van der Waals surface area contributed by atoms with Crippen LogP contribution in [-0.2, 0) is 0 Å². The molecule has 0 aliphatic rings. The third-order valence-corrected chi connectivity index (χ3v) is 2.13. The van der Waals surface area contributed by atoms with Crippen LogP contribution in [-0.4, -0.2) is 7.85 Å². The first kappa shape index (κ1) is 28.6. The van der Waals surface area contributed by atoms with Crippen molar-refractivity contribution in [3.63, 3.8) is 0 Å². The zero-order valence-electron chi connectivity index (χ0n) is 18.6. The standard InChI is InChI=1S/C35H3B/c1-2-3-4-5-6-7-8-9-10-11-12-13-14-15-16-17-18-19-20-21-22-23-24-25-26-27-28-29-30-31-32-33-34-35-36/h1H3. The van der Waals surface area contributed by atoms with Crippen LogP contribution < -0.4 is 0 Å². The van der Waals surface area contributed by atoms with Gasteiger partial charge in [0.05, 0.1) is 0 Å². The third-order valence-electron chi connectivity index (χ3n) is 2.13. The van der Waals surface area contributed by atoms with E-state index in [0.717, 1.165) is 0 Å². The lowest BCUT2D eigenvalue weighted by atomic mass is 10.2. The minimum atomic E-state index is 1.69. The van der Waals surface area contributed by atoms with Gasteiger partial charge in [-0.2, -0.15) is 5.82 Å². The molecule has 0 fully saturated rings. The summed E-state index contributed by atoms with van der Waals surface area (Å²) >= 11 is 0. The Morgan fingerprint density at radius 3 is 0.500 bits per heavy atom. The molecule has 0 aliphatic heterocycles. The molecule has 0 unspecified atom stereocenters. The van der Waals surface area contributed by atoms with Crippen molar-refractivity contribution in [2.24, 2.45) is 0 Å². The van der Waals surface area contributed by atoms with E-state index in [-0.39, 0.29) is 0 Å². The summed E-state index contributed by atoms with van der Waals surface area (Å²) in [6.45, 7) is 1.69. The van der Waals surface area contributed by atoms with E-state index >= 15 is 0 Å². The van der Waals surface area contributed by atoms with Crippen molar-refractivity contribution >= 4 is 7.85 Å². The molecule has 0 N–H and O–H groups in total. The maximum absolute atomic E-state index is 4.93. The van der Waals surface area contributed by atoms with Crippen LogP contribution in [0.1, 0.15) is 6.92 Å². The highest BCUT2D eigenvalue weighted by Gasteiger charge is 1.60. The number of rotatable bonds is 0. The molecule has 0 heterocycles. The van der Waals surface area contributed by atoms with Crippen LogP contribution in [0.3, 0.4) is 0 Å². The first-order valence-corrected chi connectivity index (χ1v) is 9.04. The molecule has 0 aromatic heterocycles. The molecule has 36 heavy (non-hydrogen) atoms. The van der Waals surface area contributed by atoms with Gasteiger partial charge in [0.2, 0.25) is 0 Å². The lowest BCUT2D eigenvalue weighted by Gasteiger charge is -1.57. The van der Waals surface area contributed by atoms with Crippen molar-refractivity contribution in [1.29, 1.82) is 0 Å². The van der Waals surface area contributed by atoms with E-state index in [2.05, 4.69) is 201 Å². The Hall–Kier alpha value is -7.42. The highest BCUT2D eigenvalue weighted by Crippen LogP contribution is 1.60. The number of hydrogen-bond acceptors (Lipinski definition) is 0. The molecule has 0 aromatic carbocycles. The van der Waals surface area contributed by atoms with Gasteiger partial charge in [-0.15, -0.1) is 0 Å². The largest absolute Gasteiger partial charge is 0.189 e. The van der Waals surface area contributed by atoms with Gasteiger partial charge < -0.3 is 0 Å². The van der Waals surface area contributed by atoms with Crippen LogP contribution in [0.2, 0.25) is 0 Å². The monoisotopic (exact) mass is 434 g/mol. The van der Waals surface area contributed by atoms with Crippen molar-refractivity contribution in [2.75, 3.05) is 0 Å². The Bertz CT molecular complexity index is 1830. The molecule has 0 saturated heterocycles. The van der Waals surface area contributed by atoms with E-state index in [4.69, 9.17) is 7.85 Å². The predicted octanol–water partition coefficient (Wildman–Crippen LogP) is 0.190. The van der Waals surface area contributed by atoms with E-state index < -0.39 is 0 Å². The van der Waals surface area contributed by atoms with Crippen molar-refractivity contribution < 1.29 is 0 Å². The summed E-state index contributed by atoms with van der Waals surface area (Å²) in [6.07, 6.45) is 0. The highest BCUT2D eigenvalue weighted by molar-refractivity contribution is 6.22. The van der Waals surface area contributed by atoms with Gasteiger partial charge in [0, 0.05) is 94.7 Å². The molecule has 0 saturated carbocycles. The summed E-state index contributed by atoms with van der Waals surface area (Å²) in [7, 11) is 4.93. The summed E-state index contributed by atoms with van der Waals surface area (Å²) in [5.74, 6) is 84.4. The van der Waals surface area contributed by atoms with Gasteiger partial charge in [-0.3, -0.25) is 0 Å². The normalized spacial score (nSPS) is 3.92. The molecule has 2 radical (unpaired) electrons. The summed E-state index contributed by atoms with van der Waals surface area (Å²) in [6, 6.07) is 0. The average molecular weight is 434 g/mol. The average Bonchev–Trinajstić information content (AvgIpc) is 2.89. The summed E-state index contributed by atoms with van der Waals surface area (Å²) in [5.41, 5.74) is 0. The van der Waals surface area contributed by atoms with Crippen LogP contribution in [0, 0.1) is 201 Å². The fourth-order valence-corrected chi connectivity index (χ4v) is 1.04. The Morgan fingerprint density at radius 2 is 0.361 bits per heavy atom. The highest BCUT2D eigenvalue weighted by atomic mass is 13.6. The van der Waals surface area contributed by atoms with Crippen molar-refractivity contribution in [2.45, 2.75) is 6.92 Å². The Labute approximate surface area is 215 Å². The summed E-state index contributed by atoms with van der Waals surface area (Å²) in [5, 5.41) is 0.